The van der Waals surface area contributed by atoms with Gasteiger partial charge in [0.25, 0.3) is 0 Å². The molecule has 0 amide bonds. The number of nitrogens with one attached hydrogen (secondary N) is 2. The lowest BCUT2D eigenvalue weighted by atomic mass is 9.91. The maximum absolute atomic E-state index is 6.27. The fourth-order valence-electron chi connectivity index (χ4n) is 3.40. The average Bonchev–Trinajstić information content (AvgIpc) is 3.44. The SMILES string of the molecule is CC(C)(Nc1ncnc(N)c1-c1nn[nH]n1)c1cc2ncc(Cl)n2nc1-c1ccccn1. The summed E-state index contributed by atoms with van der Waals surface area (Å²) < 4.78 is 1.57. The molecule has 0 saturated heterocycles. The summed E-state index contributed by atoms with van der Waals surface area (Å²) in [6, 6.07) is 7.53. The van der Waals surface area contributed by atoms with E-state index in [1.165, 1.54) is 6.33 Å². The van der Waals surface area contributed by atoms with E-state index < -0.39 is 5.54 Å². The number of hydrogen-bond acceptors (Lipinski definition) is 10. The largest absolute Gasteiger partial charge is 0.383 e. The van der Waals surface area contributed by atoms with Crippen molar-refractivity contribution in [2.45, 2.75) is 19.4 Å². The normalized spacial score (nSPS) is 11.7. The molecule has 0 aliphatic rings. The van der Waals surface area contributed by atoms with Crippen molar-refractivity contribution in [3.05, 3.63) is 53.7 Å². The van der Waals surface area contributed by atoms with Gasteiger partial charge >= 0.3 is 0 Å². The first-order chi connectivity index (χ1) is 15.4. The molecule has 5 rings (SSSR count). The van der Waals surface area contributed by atoms with Gasteiger partial charge in [-0.2, -0.15) is 10.3 Å². The molecule has 0 atom stereocenters. The molecule has 32 heavy (non-hydrogen) atoms. The molecule has 12 nitrogen and oxygen atoms in total. The summed E-state index contributed by atoms with van der Waals surface area (Å²) in [5.41, 5.74) is 8.57. The molecule has 0 fully saturated rings. The van der Waals surface area contributed by atoms with E-state index in [2.05, 4.69) is 45.9 Å². The van der Waals surface area contributed by atoms with Crippen LogP contribution in [0.25, 0.3) is 28.4 Å². The molecule has 0 unspecified atom stereocenters. The number of nitrogens with zero attached hydrogens (tertiary/aromatic N) is 9. The summed E-state index contributed by atoms with van der Waals surface area (Å²) in [6.45, 7) is 3.96. The van der Waals surface area contributed by atoms with Gasteiger partial charge in [-0.3, -0.25) is 4.98 Å². The molecule has 5 aromatic rings. The van der Waals surface area contributed by atoms with E-state index in [0.717, 1.165) is 5.56 Å². The Hall–Kier alpha value is -4.19. The summed E-state index contributed by atoms with van der Waals surface area (Å²) in [6.07, 6.45) is 4.63. The van der Waals surface area contributed by atoms with Gasteiger partial charge in [0.2, 0.25) is 5.82 Å². The van der Waals surface area contributed by atoms with Crippen molar-refractivity contribution in [2.24, 2.45) is 0 Å². The molecule has 0 aromatic carbocycles. The number of fused-ring (bicyclic) bond motifs is 1. The van der Waals surface area contributed by atoms with Crippen LogP contribution in [0, 0.1) is 0 Å². The van der Waals surface area contributed by atoms with Crippen LogP contribution in [0.2, 0.25) is 5.15 Å². The Balaban J connectivity index is 1.67. The molecule has 4 N–H and O–H groups in total. The molecule has 0 bridgehead atoms. The number of aromatic amines is 1. The smallest absolute Gasteiger partial charge is 0.212 e. The first kappa shape index (κ1) is 19.8. The van der Waals surface area contributed by atoms with Gasteiger partial charge in [-0.05, 0) is 37.3 Å². The quantitative estimate of drug-likeness (QED) is 0.363. The predicted molar refractivity (Wildman–Crippen MR) is 117 cm³/mol. The van der Waals surface area contributed by atoms with E-state index in [4.69, 9.17) is 22.4 Å². The summed E-state index contributed by atoms with van der Waals surface area (Å²) in [5, 5.41) is 22.6. The van der Waals surface area contributed by atoms with Gasteiger partial charge in [0, 0.05) is 11.8 Å². The third-order valence-electron chi connectivity index (χ3n) is 4.91. The van der Waals surface area contributed by atoms with Gasteiger partial charge in [0.05, 0.1) is 17.4 Å². The molecular weight excluding hydrogens is 432 g/mol. The van der Waals surface area contributed by atoms with Crippen LogP contribution in [0.5, 0.6) is 0 Å². The van der Waals surface area contributed by atoms with Gasteiger partial charge in [0.1, 0.15) is 29.2 Å². The highest BCUT2D eigenvalue weighted by atomic mass is 35.5. The van der Waals surface area contributed by atoms with Crippen molar-refractivity contribution in [1.29, 1.82) is 0 Å². The summed E-state index contributed by atoms with van der Waals surface area (Å²) in [4.78, 5) is 17.3. The lowest BCUT2D eigenvalue weighted by Gasteiger charge is -2.30. The lowest BCUT2D eigenvalue weighted by molar-refractivity contribution is 0.602. The number of nitrogens with two attached hydrogens (primary N) is 1. The number of tetrazole rings is 1. The third kappa shape index (κ3) is 3.36. The van der Waals surface area contributed by atoms with Crippen LogP contribution in [0.3, 0.4) is 0 Å². The second kappa shape index (κ2) is 7.50. The first-order valence-electron chi connectivity index (χ1n) is 9.52. The monoisotopic (exact) mass is 448 g/mol. The van der Waals surface area contributed by atoms with E-state index in [1.54, 1.807) is 16.9 Å². The Morgan fingerprint density at radius 2 is 2.03 bits per heavy atom. The topological polar surface area (TPSA) is 161 Å². The van der Waals surface area contributed by atoms with E-state index in [9.17, 15) is 0 Å². The van der Waals surface area contributed by atoms with Crippen molar-refractivity contribution >= 4 is 28.9 Å². The number of hydrogen-bond donors (Lipinski definition) is 3. The highest BCUT2D eigenvalue weighted by Crippen LogP contribution is 2.36. The third-order valence-corrected chi connectivity index (χ3v) is 5.17. The van der Waals surface area contributed by atoms with Gasteiger partial charge in [0.15, 0.2) is 10.8 Å². The summed E-state index contributed by atoms with van der Waals surface area (Å²) in [5.74, 6) is 0.940. The number of pyridine rings is 1. The molecule has 5 aromatic heterocycles. The van der Waals surface area contributed by atoms with Crippen LogP contribution in [0.4, 0.5) is 11.6 Å². The van der Waals surface area contributed by atoms with Crippen LogP contribution in [0.15, 0.2) is 43.0 Å². The van der Waals surface area contributed by atoms with Crippen molar-refractivity contribution in [1.82, 2.24) is 50.2 Å². The maximum Gasteiger partial charge on any atom is 0.212 e. The van der Waals surface area contributed by atoms with Gasteiger partial charge in [-0.25, -0.2) is 19.5 Å². The summed E-state index contributed by atoms with van der Waals surface area (Å²) in [7, 11) is 0. The predicted octanol–water partition coefficient (Wildman–Crippen LogP) is 2.34. The molecular formula is C19H17ClN12. The zero-order chi connectivity index (χ0) is 22.3. The summed E-state index contributed by atoms with van der Waals surface area (Å²) >= 11 is 6.27. The maximum atomic E-state index is 6.27. The molecule has 13 heteroatoms. The molecule has 0 spiro atoms. The second-order valence-electron chi connectivity index (χ2n) is 7.44. The number of halogens is 1. The molecule has 160 valence electrons. The standard InChI is InChI=1S/C19H17ClN12/c1-19(2,26-17-14(16(21)24-9-25-17)18-27-30-31-28-18)10-7-13-23-8-12(20)32(13)29-15(10)11-5-3-4-6-22-11/h3-9H,1-2H3,(H3,21,24,25,26)(H,27,28,30,31). The number of imidazole rings is 1. The Morgan fingerprint density at radius 3 is 2.78 bits per heavy atom. The Labute approximate surface area is 186 Å². The van der Waals surface area contributed by atoms with Crippen LogP contribution in [-0.2, 0) is 5.54 Å². The van der Waals surface area contributed by atoms with Gasteiger partial charge in [-0.15, -0.1) is 10.2 Å². The zero-order valence-corrected chi connectivity index (χ0v) is 17.8. The first-order valence-corrected chi connectivity index (χ1v) is 9.90. The van der Waals surface area contributed by atoms with Crippen LogP contribution in [-0.4, -0.2) is 50.2 Å². The molecule has 5 heterocycles. The number of nitrogen functional groups attached to an aromatic ring is 1. The van der Waals surface area contributed by atoms with Crippen LogP contribution in [0.1, 0.15) is 19.4 Å². The Bertz CT molecular complexity index is 1400. The van der Waals surface area contributed by atoms with Crippen molar-refractivity contribution in [3.8, 4) is 22.8 Å². The molecule has 0 saturated carbocycles. The molecule has 0 radical (unpaired) electrons. The van der Waals surface area contributed by atoms with Crippen LogP contribution >= 0.6 is 11.6 Å². The zero-order valence-electron chi connectivity index (χ0n) is 17.0. The van der Waals surface area contributed by atoms with Crippen molar-refractivity contribution in [2.75, 3.05) is 11.1 Å². The van der Waals surface area contributed by atoms with Gasteiger partial charge < -0.3 is 11.1 Å². The highest BCUT2D eigenvalue weighted by Gasteiger charge is 2.30. The second-order valence-corrected chi connectivity index (χ2v) is 7.83. The number of anilines is 2. The number of aromatic nitrogens is 10. The lowest BCUT2D eigenvalue weighted by Crippen LogP contribution is -2.30. The minimum Gasteiger partial charge on any atom is -0.383 e. The van der Waals surface area contributed by atoms with E-state index in [0.29, 0.717) is 33.6 Å². The van der Waals surface area contributed by atoms with E-state index >= 15 is 0 Å². The van der Waals surface area contributed by atoms with Crippen molar-refractivity contribution < 1.29 is 0 Å². The molecule has 0 aliphatic carbocycles. The van der Waals surface area contributed by atoms with E-state index in [-0.39, 0.29) is 11.6 Å². The fourth-order valence-corrected chi connectivity index (χ4v) is 3.57. The Morgan fingerprint density at radius 1 is 1.16 bits per heavy atom. The van der Waals surface area contributed by atoms with Gasteiger partial charge in [-0.1, -0.05) is 17.7 Å². The average molecular weight is 449 g/mol. The minimum atomic E-state index is -0.709. The molecule has 0 aliphatic heterocycles. The minimum absolute atomic E-state index is 0.221. The van der Waals surface area contributed by atoms with Crippen LogP contribution < -0.4 is 11.1 Å². The fraction of sp³-hybridized carbons (Fsp3) is 0.158. The highest BCUT2D eigenvalue weighted by molar-refractivity contribution is 6.29. The number of H-pyrrole nitrogens is 1. The number of rotatable bonds is 5. The Kier molecular flexibility index (Phi) is 4.63. The van der Waals surface area contributed by atoms with E-state index in [1.807, 2.05) is 38.1 Å². The van der Waals surface area contributed by atoms with Crippen molar-refractivity contribution in [3.63, 3.8) is 0 Å².